The number of alkyl halides is 3. The normalized spacial score (nSPS) is 29.0. The summed E-state index contributed by atoms with van der Waals surface area (Å²) in [6.07, 6.45) is -6.10. The maximum atomic E-state index is 14.2. The van der Waals surface area contributed by atoms with E-state index in [1.54, 1.807) is 0 Å². The van der Waals surface area contributed by atoms with Gasteiger partial charge in [0, 0.05) is 48.8 Å². The molecule has 0 amide bonds. The van der Waals surface area contributed by atoms with Crippen molar-refractivity contribution in [2.75, 3.05) is 6.26 Å². The van der Waals surface area contributed by atoms with Gasteiger partial charge in [-0.05, 0) is 24.6 Å². The fourth-order valence-corrected chi connectivity index (χ4v) is 4.70. The minimum absolute atomic E-state index is 0.0319. The van der Waals surface area contributed by atoms with Crippen LogP contribution in [0.15, 0.2) is 24.4 Å². The molecule has 1 unspecified atom stereocenters. The molecule has 2 aliphatic heterocycles. The van der Waals surface area contributed by atoms with Crippen LogP contribution in [0.1, 0.15) is 29.3 Å². The average molecular weight is 465 g/mol. The van der Waals surface area contributed by atoms with Crippen molar-refractivity contribution in [3.8, 4) is 0 Å². The highest BCUT2D eigenvalue weighted by Crippen LogP contribution is 2.42. The Morgan fingerprint density at radius 3 is 2.61 bits per heavy atom. The Labute approximate surface area is 175 Å². The molecule has 1 aromatic carbocycles. The van der Waals surface area contributed by atoms with Crippen LogP contribution in [0.25, 0.3) is 0 Å². The van der Waals surface area contributed by atoms with Gasteiger partial charge >= 0.3 is 6.18 Å². The number of nitrogens with two attached hydrogens (primary N) is 1. The van der Waals surface area contributed by atoms with Gasteiger partial charge in [0.05, 0.1) is 5.69 Å². The molecule has 0 saturated carbocycles. The maximum Gasteiger partial charge on any atom is 0.416 e. The number of hydrogen-bond donors (Lipinski definition) is 2. The molecule has 0 aliphatic carbocycles. The molecule has 31 heavy (non-hydrogen) atoms. The van der Waals surface area contributed by atoms with Crippen LogP contribution in [0.3, 0.4) is 0 Å². The van der Waals surface area contributed by atoms with Crippen molar-refractivity contribution in [3.63, 3.8) is 0 Å². The van der Waals surface area contributed by atoms with Crippen molar-refractivity contribution in [1.29, 1.82) is 4.78 Å². The van der Waals surface area contributed by atoms with E-state index in [1.807, 2.05) is 0 Å². The SMILES string of the molecule is CS(=N)(=O)n1cc2c(n1)CN([C@@H]1C[C@H](N)[C@@H](c3cc(F)ccc3F)O[C@@H]1C(F)(F)F)C2. The second kappa shape index (κ2) is 7.50. The van der Waals surface area contributed by atoms with Crippen LogP contribution in [-0.2, 0) is 27.7 Å². The minimum atomic E-state index is -4.77. The van der Waals surface area contributed by atoms with Gasteiger partial charge in [0.2, 0.25) is 0 Å². The van der Waals surface area contributed by atoms with E-state index in [0.717, 1.165) is 22.3 Å². The zero-order chi connectivity index (χ0) is 22.7. The Morgan fingerprint density at radius 2 is 2.00 bits per heavy atom. The molecular formula is C18H20F5N5O2S. The van der Waals surface area contributed by atoms with Crippen LogP contribution < -0.4 is 5.73 Å². The molecule has 4 rings (SSSR count). The lowest BCUT2D eigenvalue weighted by atomic mass is 9.89. The fraction of sp³-hybridized carbons (Fsp3) is 0.500. The van der Waals surface area contributed by atoms with E-state index in [-0.39, 0.29) is 25.1 Å². The van der Waals surface area contributed by atoms with E-state index < -0.39 is 52.0 Å². The summed E-state index contributed by atoms with van der Waals surface area (Å²) in [7, 11) is -3.12. The number of ether oxygens (including phenoxy) is 1. The lowest BCUT2D eigenvalue weighted by molar-refractivity contribution is -0.269. The van der Waals surface area contributed by atoms with Crippen LogP contribution in [0.5, 0.6) is 0 Å². The number of benzene rings is 1. The summed E-state index contributed by atoms with van der Waals surface area (Å²) in [5.74, 6) is -1.70. The Morgan fingerprint density at radius 1 is 1.29 bits per heavy atom. The number of nitrogens with one attached hydrogen (secondary N) is 1. The molecule has 13 heteroatoms. The third-order valence-corrected chi connectivity index (χ3v) is 6.44. The van der Waals surface area contributed by atoms with Gasteiger partial charge in [-0.1, -0.05) is 0 Å². The predicted octanol–water partition coefficient (Wildman–Crippen LogP) is 2.70. The molecule has 5 atom stereocenters. The highest BCUT2D eigenvalue weighted by molar-refractivity contribution is 7.90. The Hall–Kier alpha value is -2.09. The lowest BCUT2D eigenvalue weighted by Gasteiger charge is -2.44. The van der Waals surface area contributed by atoms with Crippen molar-refractivity contribution in [3.05, 3.63) is 52.9 Å². The van der Waals surface area contributed by atoms with Crippen molar-refractivity contribution in [2.24, 2.45) is 5.73 Å². The van der Waals surface area contributed by atoms with Gasteiger partial charge in [0.25, 0.3) is 0 Å². The van der Waals surface area contributed by atoms with Crippen LogP contribution in [0.4, 0.5) is 22.0 Å². The molecule has 0 bridgehead atoms. The van der Waals surface area contributed by atoms with Crippen LogP contribution >= 0.6 is 0 Å². The predicted molar refractivity (Wildman–Crippen MR) is 100 cm³/mol. The first-order valence-corrected chi connectivity index (χ1v) is 11.3. The molecule has 2 aliphatic rings. The summed E-state index contributed by atoms with van der Waals surface area (Å²) in [5.41, 5.74) is 6.70. The zero-order valence-corrected chi connectivity index (χ0v) is 17.1. The second-order valence-corrected chi connectivity index (χ2v) is 9.84. The quantitative estimate of drug-likeness (QED) is 0.680. The molecule has 3 heterocycles. The number of halogens is 5. The average Bonchev–Trinajstić information content (AvgIpc) is 3.21. The van der Waals surface area contributed by atoms with E-state index in [2.05, 4.69) is 5.10 Å². The van der Waals surface area contributed by atoms with Crippen LogP contribution in [0.2, 0.25) is 0 Å². The topological polar surface area (TPSA) is 97.2 Å². The maximum absolute atomic E-state index is 14.2. The highest BCUT2D eigenvalue weighted by atomic mass is 32.2. The van der Waals surface area contributed by atoms with Gasteiger partial charge in [-0.25, -0.2) is 17.8 Å². The van der Waals surface area contributed by atoms with Gasteiger partial charge in [-0.15, -0.1) is 0 Å². The smallest absolute Gasteiger partial charge is 0.357 e. The van der Waals surface area contributed by atoms with Crippen molar-refractivity contribution in [1.82, 2.24) is 14.1 Å². The van der Waals surface area contributed by atoms with E-state index >= 15 is 0 Å². The van der Waals surface area contributed by atoms with Crippen LogP contribution in [-0.4, -0.2) is 48.9 Å². The first-order valence-electron chi connectivity index (χ1n) is 9.33. The lowest BCUT2D eigenvalue weighted by Crippen LogP contribution is -2.58. The van der Waals surface area contributed by atoms with Gasteiger partial charge < -0.3 is 10.5 Å². The summed E-state index contributed by atoms with van der Waals surface area (Å²) in [4.78, 5) is 1.50. The Balaban J connectivity index is 1.60. The van der Waals surface area contributed by atoms with Crippen molar-refractivity contribution in [2.45, 2.75) is 50.0 Å². The third-order valence-electron chi connectivity index (χ3n) is 5.54. The van der Waals surface area contributed by atoms with E-state index in [1.165, 1.54) is 17.4 Å². The second-order valence-electron chi connectivity index (χ2n) is 7.86. The summed E-state index contributed by atoms with van der Waals surface area (Å²) in [5, 5.41) is 4.06. The zero-order valence-electron chi connectivity index (χ0n) is 16.3. The highest BCUT2D eigenvalue weighted by Gasteiger charge is 2.54. The van der Waals surface area contributed by atoms with Gasteiger partial charge in [0.1, 0.15) is 27.7 Å². The Bertz CT molecular complexity index is 1080. The molecular weight excluding hydrogens is 445 g/mol. The van der Waals surface area contributed by atoms with Gasteiger partial charge in [-0.3, -0.25) is 4.90 Å². The first-order chi connectivity index (χ1) is 14.3. The summed E-state index contributed by atoms with van der Waals surface area (Å²) < 4.78 is 95.1. The molecule has 3 N–H and O–H groups in total. The first kappa shape index (κ1) is 22.1. The fourth-order valence-electron chi connectivity index (χ4n) is 4.11. The number of hydrogen-bond acceptors (Lipinski definition) is 6. The van der Waals surface area contributed by atoms with E-state index in [0.29, 0.717) is 11.3 Å². The van der Waals surface area contributed by atoms with Crippen LogP contribution in [0, 0.1) is 16.4 Å². The standard InChI is InChI=1S/C18H20F5N5O2S/c1-31(25,29)28-7-9-6-27(8-14(9)26-28)15-5-13(24)16(30-17(15)18(21,22)23)11-4-10(19)2-3-12(11)20/h2-4,7,13,15-17,25H,5-6,8,24H2,1H3/t13-,15+,16+,17-,31?/m0/s1. The van der Waals surface area contributed by atoms with E-state index in [4.69, 9.17) is 15.3 Å². The number of rotatable bonds is 3. The molecule has 0 spiro atoms. The summed E-state index contributed by atoms with van der Waals surface area (Å²) in [6, 6.07) is 0.308. The monoisotopic (exact) mass is 465 g/mol. The Kier molecular flexibility index (Phi) is 5.35. The molecule has 0 radical (unpaired) electrons. The molecule has 7 nitrogen and oxygen atoms in total. The summed E-state index contributed by atoms with van der Waals surface area (Å²) >= 11 is 0. The molecule has 1 aromatic heterocycles. The van der Waals surface area contributed by atoms with Gasteiger partial charge in [0.15, 0.2) is 6.10 Å². The number of aromatic nitrogens is 2. The number of fused-ring (bicyclic) bond motifs is 1. The largest absolute Gasteiger partial charge is 0.416 e. The molecule has 1 saturated heterocycles. The van der Waals surface area contributed by atoms with Gasteiger partial charge in [-0.2, -0.15) is 22.4 Å². The summed E-state index contributed by atoms with van der Waals surface area (Å²) in [6.45, 7) is 0.112. The minimum Gasteiger partial charge on any atom is -0.357 e. The molecule has 1 fully saturated rings. The number of nitrogens with zero attached hydrogens (tertiary/aromatic N) is 3. The molecule has 2 aromatic rings. The van der Waals surface area contributed by atoms with Crippen molar-refractivity contribution >= 4 is 9.92 Å². The third kappa shape index (κ3) is 4.19. The molecule has 170 valence electrons. The van der Waals surface area contributed by atoms with E-state index in [9.17, 15) is 26.2 Å². The van der Waals surface area contributed by atoms with Crippen molar-refractivity contribution < 1.29 is 30.9 Å².